The zero-order valence-electron chi connectivity index (χ0n) is 11.8. The molecule has 7 heteroatoms. The van der Waals surface area contributed by atoms with Crippen LogP contribution in [0.5, 0.6) is 0 Å². The van der Waals surface area contributed by atoms with Gasteiger partial charge in [-0.3, -0.25) is 9.59 Å². The number of nitrogens with one attached hydrogen (secondary N) is 1. The van der Waals surface area contributed by atoms with E-state index < -0.39 is 15.8 Å². The zero-order valence-corrected chi connectivity index (χ0v) is 12.6. The molecule has 0 aromatic carbocycles. The molecule has 1 heterocycles. The van der Waals surface area contributed by atoms with E-state index in [4.69, 9.17) is 5.11 Å². The topological polar surface area (TPSA) is 101 Å². The van der Waals surface area contributed by atoms with Crippen molar-refractivity contribution in [1.82, 2.24) is 5.32 Å². The van der Waals surface area contributed by atoms with E-state index in [0.29, 0.717) is 19.4 Å². The highest BCUT2D eigenvalue weighted by Crippen LogP contribution is 2.21. The fourth-order valence-corrected chi connectivity index (χ4v) is 4.20. The number of carboxylic acid groups (broad SMARTS) is 1. The molecule has 1 amide bonds. The molecule has 6 nitrogen and oxygen atoms in total. The van der Waals surface area contributed by atoms with Gasteiger partial charge in [0.25, 0.3) is 0 Å². The molecule has 2 atom stereocenters. The molecule has 1 saturated heterocycles. The van der Waals surface area contributed by atoms with Gasteiger partial charge in [-0.25, -0.2) is 8.42 Å². The quantitative estimate of drug-likeness (QED) is 0.691. The third kappa shape index (κ3) is 6.88. The Morgan fingerprint density at radius 1 is 1.35 bits per heavy atom. The molecule has 1 aliphatic rings. The van der Waals surface area contributed by atoms with E-state index in [1.54, 1.807) is 0 Å². The van der Waals surface area contributed by atoms with Gasteiger partial charge < -0.3 is 10.4 Å². The third-order valence-electron chi connectivity index (χ3n) is 3.61. The zero-order chi connectivity index (χ0) is 15.2. The summed E-state index contributed by atoms with van der Waals surface area (Å²) in [7, 11) is -2.93. The number of aliphatic carboxylic acids is 1. The molecular formula is C13H23NO5S. The van der Waals surface area contributed by atoms with E-state index in [2.05, 4.69) is 5.32 Å². The van der Waals surface area contributed by atoms with Crippen LogP contribution in [0.3, 0.4) is 0 Å². The first-order valence-corrected chi connectivity index (χ1v) is 8.79. The minimum atomic E-state index is -2.93. The smallest absolute Gasteiger partial charge is 0.303 e. The first-order valence-electron chi connectivity index (χ1n) is 6.97. The lowest BCUT2D eigenvalue weighted by atomic mass is 10.0. The highest BCUT2D eigenvalue weighted by atomic mass is 32.2. The van der Waals surface area contributed by atoms with Gasteiger partial charge in [-0.15, -0.1) is 0 Å². The van der Waals surface area contributed by atoms with E-state index >= 15 is 0 Å². The van der Waals surface area contributed by atoms with Gasteiger partial charge in [-0.1, -0.05) is 6.92 Å². The minimum absolute atomic E-state index is 0.0515. The second kappa shape index (κ2) is 7.61. The van der Waals surface area contributed by atoms with Crippen molar-refractivity contribution in [3.05, 3.63) is 0 Å². The summed E-state index contributed by atoms with van der Waals surface area (Å²) in [5, 5.41) is 11.3. The van der Waals surface area contributed by atoms with Crippen LogP contribution < -0.4 is 5.32 Å². The summed E-state index contributed by atoms with van der Waals surface area (Å²) >= 11 is 0. The van der Waals surface area contributed by atoms with E-state index in [1.165, 1.54) is 0 Å². The summed E-state index contributed by atoms with van der Waals surface area (Å²) in [6.07, 6.45) is 2.33. The summed E-state index contributed by atoms with van der Waals surface area (Å²) in [5.74, 6) is -0.407. The number of carbonyl (C=O) groups is 2. The van der Waals surface area contributed by atoms with E-state index in [-0.39, 0.29) is 42.1 Å². The Bertz CT molecular complexity index is 446. The molecule has 2 unspecified atom stereocenters. The van der Waals surface area contributed by atoms with Crippen molar-refractivity contribution in [3.63, 3.8) is 0 Å². The van der Waals surface area contributed by atoms with Crippen LogP contribution in [0, 0.1) is 11.8 Å². The minimum Gasteiger partial charge on any atom is -0.481 e. The maximum atomic E-state index is 11.7. The standard InChI is InChI=1S/C13H23NO5S/c1-10(2-3-13(16)17)4-6-14-12(15)8-11-5-7-20(18,19)9-11/h10-11H,2-9H2,1H3,(H,14,15)(H,16,17). The van der Waals surface area contributed by atoms with Crippen LogP contribution in [0.1, 0.15) is 39.0 Å². The van der Waals surface area contributed by atoms with Crippen LogP contribution in [0.15, 0.2) is 0 Å². The monoisotopic (exact) mass is 305 g/mol. The average Bonchev–Trinajstić information content (AvgIpc) is 2.66. The average molecular weight is 305 g/mol. The first-order chi connectivity index (χ1) is 9.28. The Morgan fingerprint density at radius 3 is 2.60 bits per heavy atom. The Morgan fingerprint density at radius 2 is 2.05 bits per heavy atom. The van der Waals surface area contributed by atoms with Crippen LogP contribution in [-0.4, -0.2) is 43.5 Å². The number of sulfone groups is 1. The van der Waals surface area contributed by atoms with Crippen LogP contribution >= 0.6 is 0 Å². The Labute approximate surface area is 119 Å². The maximum Gasteiger partial charge on any atom is 0.303 e. The SMILES string of the molecule is CC(CCNC(=O)CC1CCS(=O)(=O)C1)CCC(=O)O. The van der Waals surface area contributed by atoms with Crippen molar-refractivity contribution in [2.45, 2.75) is 39.0 Å². The summed E-state index contributed by atoms with van der Waals surface area (Å²) in [5.41, 5.74) is 0. The molecule has 1 rings (SSSR count). The second-order valence-electron chi connectivity index (χ2n) is 5.65. The van der Waals surface area contributed by atoms with Gasteiger partial charge in [0.15, 0.2) is 9.84 Å². The number of amides is 1. The van der Waals surface area contributed by atoms with Crippen LogP contribution in [0.4, 0.5) is 0 Å². The highest BCUT2D eigenvalue weighted by Gasteiger charge is 2.29. The third-order valence-corrected chi connectivity index (χ3v) is 5.45. The summed E-state index contributed by atoms with van der Waals surface area (Å²) in [6, 6.07) is 0. The van der Waals surface area contributed by atoms with Crippen LogP contribution in [-0.2, 0) is 19.4 Å². The first kappa shape index (κ1) is 16.9. The fourth-order valence-electron chi connectivity index (χ4n) is 2.34. The van der Waals surface area contributed by atoms with Crippen molar-refractivity contribution in [3.8, 4) is 0 Å². The Hall–Kier alpha value is -1.11. The number of hydrogen-bond donors (Lipinski definition) is 2. The van der Waals surface area contributed by atoms with Crippen LogP contribution in [0.25, 0.3) is 0 Å². The Balaban J connectivity index is 2.13. The summed E-state index contributed by atoms with van der Waals surface area (Å²) < 4.78 is 22.5. The molecule has 1 fully saturated rings. The molecule has 0 aliphatic carbocycles. The lowest BCUT2D eigenvalue weighted by Gasteiger charge is -2.12. The summed E-state index contributed by atoms with van der Waals surface area (Å²) in [6.45, 7) is 2.47. The number of carboxylic acids is 1. The predicted molar refractivity (Wildman–Crippen MR) is 75.0 cm³/mol. The highest BCUT2D eigenvalue weighted by molar-refractivity contribution is 7.91. The molecule has 0 radical (unpaired) electrons. The van der Waals surface area contributed by atoms with Gasteiger partial charge >= 0.3 is 5.97 Å². The molecular weight excluding hydrogens is 282 g/mol. The summed E-state index contributed by atoms with van der Waals surface area (Å²) in [4.78, 5) is 22.1. The van der Waals surface area contributed by atoms with Crippen molar-refractivity contribution in [2.24, 2.45) is 11.8 Å². The van der Waals surface area contributed by atoms with Gasteiger partial charge in [0.05, 0.1) is 11.5 Å². The van der Waals surface area contributed by atoms with Crippen molar-refractivity contribution in [1.29, 1.82) is 0 Å². The lowest BCUT2D eigenvalue weighted by Crippen LogP contribution is -2.27. The van der Waals surface area contributed by atoms with Gasteiger partial charge in [0, 0.05) is 19.4 Å². The molecule has 20 heavy (non-hydrogen) atoms. The predicted octanol–water partition coefficient (Wildman–Crippen LogP) is 0.818. The van der Waals surface area contributed by atoms with Gasteiger partial charge in [0.1, 0.15) is 0 Å². The largest absolute Gasteiger partial charge is 0.481 e. The van der Waals surface area contributed by atoms with E-state index in [9.17, 15) is 18.0 Å². The molecule has 0 aromatic heterocycles. The molecule has 0 saturated carbocycles. The number of hydrogen-bond acceptors (Lipinski definition) is 4. The maximum absolute atomic E-state index is 11.7. The van der Waals surface area contributed by atoms with Gasteiger partial charge in [-0.2, -0.15) is 0 Å². The molecule has 0 aromatic rings. The van der Waals surface area contributed by atoms with Crippen LogP contribution in [0.2, 0.25) is 0 Å². The normalized spacial score (nSPS) is 22.4. The van der Waals surface area contributed by atoms with Gasteiger partial charge in [0.2, 0.25) is 5.91 Å². The van der Waals surface area contributed by atoms with Crippen molar-refractivity contribution in [2.75, 3.05) is 18.1 Å². The molecule has 116 valence electrons. The molecule has 0 spiro atoms. The van der Waals surface area contributed by atoms with Gasteiger partial charge in [-0.05, 0) is 31.1 Å². The van der Waals surface area contributed by atoms with Crippen molar-refractivity contribution < 1.29 is 23.1 Å². The second-order valence-corrected chi connectivity index (χ2v) is 7.88. The lowest BCUT2D eigenvalue weighted by molar-refractivity contribution is -0.137. The van der Waals surface area contributed by atoms with E-state index in [0.717, 1.165) is 6.42 Å². The number of rotatable bonds is 8. The molecule has 2 N–H and O–H groups in total. The van der Waals surface area contributed by atoms with E-state index in [1.807, 2.05) is 6.92 Å². The molecule has 1 aliphatic heterocycles. The molecule has 0 bridgehead atoms. The van der Waals surface area contributed by atoms with Crippen molar-refractivity contribution >= 4 is 21.7 Å². The Kier molecular flexibility index (Phi) is 6.45. The number of carbonyl (C=O) groups excluding carboxylic acids is 1. The fraction of sp³-hybridized carbons (Fsp3) is 0.846.